The summed E-state index contributed by atoms with van der Waals surface area (Å²) in [5, 5.41) is 0. The molecule has 2 heterocycles. The van der Waals surface area contributed by atoms with Crippen LogP contribution in [-0.2, 0) is 9.59 Å². The largest absolute Gasteiger partial charge is 0.344 e. The Bertz CT molecular complexity index is 225. The number of amides is 2. The molecule has 4 heteroatoms. The number of carbonyl (C=O) groups excluding carboxylic acids is 2. The maximum atomic E-state index is 10.8. The quantitative estimate of drug-likeness (QED) is 0.486. The van der Waals surface area contributed by atoms with Crippen LogP contribution in [0.1, 0.15) is 6.92 Å². The topological polar surface area (TPSA) is 40.6 Å². The number of nitrogens with zero attached hydrogens (tertiary/aromatic N) is 2. The van der Waals surface area contributed by atoms with Crippen molar-refractivity contribution in [2.75, 3.05) is 26.2 Å². The zero-order valence-corrected chi connectivity index (χ0v) is 7.12. The van der Waals surface area contributed by atoms with Crippen molar-refractivity contribution in [2.24, 2.45) is 5.41 Å². The molecule has 2 amide bonds. The third-order valence-electron chi connectivity index (χ3n) is 2.72. The molecule has 2 aliphatic heterocycles. The normalized spacial score (nSPS) is 24.8. The van der Waals surface area contributed by atoms with Gasteiger partial charge >= 0.3 is 0 Å². The van der Waals surface area contributed by atoms with E-state index in [2.05, 4.69) is 0 Å². The standard InChI is InChI=1S/C8H12N2O2/c1-7(12)10-4-8(5-10)2-9(3-8)6-11/h6H,2-5H2,1H3. The van der Waals surface area contributed by atoms with E-state index in [1.54, 1.807) is 11.8 Å². The van der Waals surface area contributed by atoms with Crippen LogP contribution in [0.3, 0.4) is 0 Å². The van der Waals surface area contributed by atoms with Crippen LogP contribution in [-0.4, -0.2) is 48.3 Å². The summed E-state index contributed by atoms with van der Waals surface area (Å²) in [7, 11) is 0. The van der Waals surface area contributed by atoms with Crippen LogP contribution < -0.4 is 0 Å². The Morgan fingerprint density at radius 3 is 2.33 bits per heavy atom. The lowest BCUT2D eigenvalue weighted by Crippen LogP contribution is -2.72. The van der Waals surface area contributed by atoms with Crippen LogP contribution >= 0.6 is 0 Å². The van der Waals surface area contributed by atoms with E-state index in [0.717, 1.165) is 32.6 Å². The van der Waals surface area contributed by atoms with E-state index in [1.807, 2.05) is 4.90 Å². The Labute approximate surface area is 71.1 Å². The van der Waals surface area contributed by atoms with Gasteiger partial charge in [-0.1, -0.05) is 0 Å². The summed E-state index contributed by atoms with van der Waals surface area (Å²) in [4.78, 5) is 24.7. The van der Waals surface area contributed by atoms with Gasteiger partial charge in [-0.15, -0.1) is 0 Å². The molecular weight excluding hydrogens is 156 g/mol. The first-order valence-electron chi connectivity index (χ1n) is 4.10. The number of hydrogen-bond acceptors (Lipinski definition) is 2. The molecule has 0 aromatic rings. The second kappa shape index (κ2) is 2.21. The molecule has 0 aromatic carbocycles. The van der Waals surface area contributed by atoms with Gasteiger partial charge in [0.15, 0.2) is 0 Å². The first-order valence-corrected chi connectivity index (χ1v) is 4.10. The van der Waals surface area contributed by atoms with Crippen molar-refractivity contribution >= 4 is 12.3 Å². The molecule has 2 fully saturated rings. The van der Waals surface area contributed by atoms with Gasteiger partial charge < -0.3 is 9.80 Å². The Kier molecular flexibility index (Phi) is 1.40. The maximum absolute atomic E-state index is 10.8. The van der Waals surface area contributed by atoms with Crippen molar-refractivity contribution < 1.29 is 9.59 Å². The van der Waals surface area contributed by atoms with Gasteiger partial charge in [0, 0.05) is 38.5 Å². The maximum Gasteiger partial charge on any atom is 0.219 e. The van der Waals surface area contributed by atoms with Crippen LogP contribution in [0.4, 0.5) is 0 Å². The molecule has 0 N–H and O–H groups in total. The summed E-state index contributed by atoms with van der Waals surface area (Å²) in [6.07, 6.45) is 0.877. The number of carbonyl (C=O) groups is 2. The summed E-state index contributed by atoms with van der Waals surface area (Å²) in [6.45, 7) is 4.93. The molecule has 66 valence electrons. The molecule has 2 rings (SSSR count). The lowest BCUT2D eigenvalue weighted by Gasteiger charge is -2.59. The van der Waals surface area contributed by atoms with Crippen LogP contribution in [0, 0.1) is 5.41 Å². The fraction of sp³-hybridized carbons (Fsp3) is 0.750. The predicted molar refractivity (Wildman–Crippen MR) is 42.3 cm³/mol. The Hall–Kier alpha value is -1.06. The van der Waals surface area contributed by atoms with Crippen LogP contribution in [0.25, 0.3) is 0 Å². The van der Waals surface area contributed by atoms with Gasteiger partial charge in [-0.05, 0) is 0 Å². The van der Waals surface area contributed by atoms with E-state index in [4.69, 9.17) is 0 Å². The van der Waals surface area contributed by atoms with Crippen LogP contribution in [0.5, 0.6) is 0 Å². The first kappa shape index (κ1) is 7.58. The van der Waals surface area contributed by atoms with E-state index in [1.165, 1.54) is 0 Å². The lowest BCUT2D eigenvalue weighted by atomic mass is 9.73. The third kappa shape index (κ3) is 0.906. The number of likely N-dealkylation sites (tertiary alicyclic amines) is 2. The molecule has 0 aromatic heterocycles. The predicted octanol–water partition coefficient (Wildman–Crippen LogP) is -0.693. The van der Waals surface area contributed by atoms with Crippen molar-refractivity contribution in [1.29, 1.82) is 0 Å². The van der Waals surface area contributed by atoms with Crippen molar-refractivity contribution in [3.8, 4) is 0 Å². The summed E-state index contributed by atoms with van der Waals surface area (Å²) < 4.78 is 0. The van der Waals surface area contributed by atoms with Gasteiger partial charge in [0.1, 0.15) is 0 Å². The van der Waals surface area contributed by atoms with E-state index < -0.39 is 0 Å². The Balaban J connectivity index is 1.82. The zero-order chi connectivity index (χ0) is 8.77. The summed E-state index contributed by atoms with van der Waals surface area (Å²) in [5.41, 5.74) is 0.270. The molecule has 0 saturated carbocycles. The minimum Gasteiger partial charge on any atom is -0.344 e. The van der Waals surface area contributed by atoms with Crippen molar-refractivity contribution in [2.45, 2.75) is 6.92 Å². The van der Waals surface area contributed by atoms with E-state index >= 15 is 0 Å². The minimum absolute atomic E-state index is 0.144. The van der Waals surface area contributed by atoms with Gasteiger partial charge in [0.25, 0.3) is 0 Å². The fourth-order valence-corrected chi connectivity index (χ4v) is 2.08. The highest BCUT2D eigenvalue weighted by atomic mass is 16.2. The number of rotatable bonds is 1. The van der Waals surface area contributed by atoms with Crippen molar-refractivity contribution in [3.63, 3.8) is 0 Å². The Morgan fingerprint density at radius 2 is 1.92 bits per heavy atom. The van der Waals surface area contributed by atoms with Crippen LogP contribution in [0.2, 0.25) is 0 Å². The number of hydrogen-bond donors (Lipinski definition) is 0. The summed E-state index contributed by atoms with van der Waals surface area (Å²) >= 11 is 0. The summed E-state index contributed by atoms with van der Waals surface area (Å²) in [5.74, 6) is 0.144. The minimum atomic E-state index is 0.144. The van der Waals surface area contributed by atoms with Gasteiger partial charge in [0.2, 0.25) is 12.3 Å². The van der Waals surface area contributed by atoms with Crippen LogP contribution in [0.15, 0.2) is 0 Å². The van der Waals surface area contributed by atoms with Gasteiger partial charge in [-0.2, -0.15) is 0 Å². The fourth-order valence-electron chi connectivity index (χ4n) is 2.08. The zero-order valence-electron chi connectivity index (χ0n) is 7.12. The average Bonchev–Trinajstić information content (AvgIpc) is 1.81. The highest BCUT2D eigenvalue weighted by Gasteiger charge is 2.52. The molecule has 0 unspecified atom stereocenters. The molecular formula is C8H12N2O2. The van der Waals surface area contributed by atoms with Crippen molar-refractivity contribution in [1.82, 2.24) is 9.80 Å². The monoisotopic (exact) mass is 168 g/mol. The smallest absolute Gasteiger partial charge is 0.219 e. The highest BCUT2D eigenvalue weighted by Crippen LogP contribution is 2.38. The third-order valence-corrected chi connectivity index (χ3v) is 2.72. The van der Waals surface area contributed by atoms with Gasteiger partial charge in [-0.3, -0.25) is 9.59 Å². The molecule has 0 radical (unpaired) electrons. The molecule has 2 aliphatic rings. The molecule has 4 nitrogen and oxygen atoms in total. The van der Waals surface area contributed by atoms with E-state index in [0.29, 0.717) is 0 Å². The SMILES string of the molecule is CC(=O)N1CC2(CN(C=O)C2)C1. The molecule has 0 aliphatic carbocycles. The van der Waals surface area contributed by atoms with E-state index in [-0.39, 0.29) is 11.3 Å². The molecule has 12 heavy (non-hydrogen) atoms. The average molecular weight is 168 g/mol. The molecule has 2 saturated heterocycles. The highest BCUT2D eigenvalue weighted by molar-refractivity contribution is 5.74. The second-order valence-electron chi connectivity index (χ2n) is 3.89. The van der Waals surface area contributed by atoms with E-state index in [9.17, 15) is 9.59 Å². The van der Waals surface area contributed by atoms with Gasteiger partial charge in [0.05, 0.1) is 0 Å². The first-order chi connectivity index (χ1) is 5.65. The lowest BCUT2D eigenvalue weighted by molar-refractivity contribution is -0.160. The molecule has 0 atom stereocenters. The Morgan fingerprint density at radius 1 is 1.33 bits per heavy atom. The van der Waals surface area contributed by atoms with Gasteiger partial charge in [-0.25, -0.2) is 0 Å². The molecule has 1 spiro atoms. The second-order valence-corrected chi connectivity index (χ2v) is 3.89. The summed E-state index contributed by atoms with van der Waals surface area (Å²) in [6, 6.07) is 0. The molecule has 0 bridgehead atoms. The van der Waals surface area contributed by atoms with Crippen molar-refractivity contribution in [3.05, 3.63) is 0 Å².